The molecular weight excluding hydrogens is 277 g/mol. The zero-order valence-corrected chi connectivity index (χ0v) is 11.6. The highest BCUT2D eigenvalue weighted by atomic mass is 19.4. The fraction of sp³-hybridized carbons (Fsp3) is 0.312. The van der Waals surface area contributed by atoms with Crippen LogP contribution in [0.15, 0.2) is 47.6 Å². The maximum Gasteiger partial charge on any atom is 0.416 e. The first-order valence-corrected chi connectivity index (χ1v) is 6.84. The van der Waals surface area contributed by atoms with Crippen LogP contribution in [-0.2, 0) is 6.18 Å². The van der Waals surface area contributed by atoms with Crippen molar-refractivity contribution in [2.45, 2.75) is 32.0 Å². The van der Waals surface area contributed by atoms with Gasteiger partial charge >= 0.3 is 6.18 Å². The van der Waals surface area contributed by atoms with Crippen molar-refractivity contribution in [3.05, 3.63) is 59.2 Å². The van der Waals surface area contributed by atoms with Crippen LogP contribution in [0.4, 0.5) is 13.2 Å². The van der Waals surface area contributed by atoms with E-state index in [1.807, 2.05) is 25.3 Å². The molecule has 0 radical (unpaired) electrons. The van der Waals surface area contributed by atoms with Gasteiger partial charge in [-0.1, -0.05) is 12.1 Å². The molecule has 0 spiro atoms. The van der Waals surface area contributed by atoms with Crippen LogP contribution in [0.2, 0.25) is 0 Å². The number of rotatable bonds is 2. The molecule has 1 heterocycles. The average molecular weight is 292 g/mol. The summed E-state index contributed by atoms with van der Waals surface area (Å²) in [6, 6.07) is 9.42. The van der Waals surface area contributed by atoms with E-state index < -0.39 is 11.7 Å². The van der Waals surface area contributed by atoms with E-state index in [9.17, 15) is 13.2 Å². The maximum atomic E-state index is 12.9. The molecule has 2 aromatic rings. The summed E-state index contributed by atoms with van der Waals surface area (Å²) < 4.78 is 40.3. The number of nitrogens with zero attached hydrogens (tertiary/aromatic N) is 2. The van der Waals surface area contributed by atoms with Gasteiger partial charge in [-0.15, -0.1) is 0 Å². The highest BCUT2D eigenvalue weighted by Gasteiger charge is 2.30. The minimum absolute atomic E-state index is 0.310. The average Bonchev–Trinajstić information content (AvgIpc) is 3.24. The molecule has 1 aliphatic carbocycles. The number of alkyl halides is 3. The third-order valence-electron chi connectivity index (χ3n) is 3.39. The summed E-state index contributed by atoms with van der Waals surface area (Å²) in [4.78, 5) is 4.56. The molecule has 1 saturated carbocycles. The lowest BCUT2D eigenvalue weighted by atomic mass is 10.2. The van der Waals surface area contributed by atoms with Gasteiger partial charge in [-0.05, 0) is 49.6 Å². The highest BCUT2D eigenvalue weighted by Crippen LogP contribution is 2.30. The molecule has 0 bridgehead atoms. The fourth-order valence-corrected chi connectivity index (χ4v) is 2.13. The summed E-state index contributed by atoms with van der Waals surface area (Å²) in [5.41, 5.74) is 1.50. The third-order valence-corrected chi connectivity index (χ3v) is 3.39. The summed E-state index contributed by atoms with van der Waals surface area (Å²) in [7, 11) is 0. The lowest BCUT2D eigenvalue weighted by Crippen LogP contribution is -2.20. The molecule has 0 N–H and O–H groups in total. The van der Waals surface area contributed by atoms with Crippen LogP contribution in [-0.4, -0.2) is 10.6 Å². The minimum atomic E-state index is -4.34. The van der Waals surface area contributed by atoms with E-state index >= 15 is 0 Å². The molecule has 0 amide bonds. The van der Waals surface area contributed by atoms with Crippen LogP contribution in [0.5, 0.6) is 0 Å². The second-order valence-corrected chi connectivity index (χ2v) is 5.34. The molecule has 1 fully saturated rings. The van der Waals surface area contributed by atoms with Crippen LogP contribution in [0.25, 0.3) is 5.69 Å². The smallest absolute Gasteiger partial charge is 0.302 e. The zero-order chi connectivity index (χ0) is 15.0. The van der Waals surface area contributed by atoms with E-state index in [1.165, 1.54) is 6.07 Å². The van der Waals surface area contributed by atoms with Crippen molar-refractivity contribution in [1.82, 2.24) is 4.57 Å². The molecule has 0 aliphatic heterocycles. The molecule has 110 valence electrons. The van der Waals surface area contributed by atoms with Gasteiger partial charge in [0.1, 0.15) is 5.49 Å². The number of aryl methyl sites for hydroxylation is 1. The van der Waals surface area contributed by atoms with E-state index in [-0.39, 0.29) is 0 Å². The second kappa shape index (κ2) is 5.06. The predicted octanol–water partition coefficient (Wildman–Crippen LogP) is 3.87. The number of aromatic nitrogens is 1. The summed E-state index contributed by atoms with van der Waals surface area (Å²) >= 11 is 0. The Hall–Kier alpha value is -2.04. The molecule has 21 heavy (non-hydrogen) atoms. The molecule has 0 atom stereocenters. The Morgan fingerprint density at radius 1 is 1.14 bits per heavy atom. The molecule has 0 saturated heterocycles. The Morgan fingerprint density at radius 2 is 1.90 bits per heavy atom. The summed E-state index contributed by atoms with van der Waals surface area (Å²) in [5, 5.41) is 0. The second-order valence-electron chi connectivity index (χ2n) is 5.34. The van der Waals surface area contributed by atoms with E-state index in [4.69, 9.17) is 0 Å². The number of halogens is 3. The van der Waals surface area contributed by atoms with Crippen LogP contribution in [0, 0.1) is 6.92 Å². The number of hydrogen-bond donors (Lipinski definition) is 0. The molecule has 1 aromatic carbocycles. The van der Waals surface area contributed by atoms with E-state index in [0.717, 1.165) is 30.5 Å². The Labute approximate surface area is 120 Å². The van der Waals surface area contributed by atoms with Crippen molar-refractivity contribution < 1.29 is 13.2 Å². The standard InChI is InChI=1S/C16H15F3N2/c1-11-5-8-15(20-13-6-7-13)21(10-11)14-4-2-3-12(9-14)16(17,18)19/h2-5,8-10,13H,6-7H2,1H3. The number of benzene rings is 1. The van der Waals surface area contributed by atoms with E-state index in [2.05, 4.69) is 4.99 Å². The molecule has 2 nitrogen and oxygen atoms in total. The quantitative estimate of drug-likeness (QED) is 0.799. The Morgan fingerprint density at radius 3 is 2.57 bits per heavy atom. The fourth-order valence-electron chi connectivity index (χ4n) is 2.13. The third kappa shape index (κ3) is 3.17. The molecule has 3 rings (SSSR count). The van der Waals surface area contributed by atoms with Gasteiger partial charge in [-0.3, -0.25) is 4.99 Å². The Bertz CT molecular complexity index is 725. The normalized spacial score (nSPS) is 16.3. The van der Waals surface area contributed by atoms with Crippen molar-refractivity contribution in [1.29, 1.82) is 0 Å². The largest absolute Gasteiger partial charge is 0.416 e. The topological polar surface area (TPSA) is 17.3 Å². The van der Waals surface area contributed by atoms with Crippen molar-refractivity contribution in [3.63, 3.8) is 0 Å². The highest BCUT2D eigenvalue weighted by molar-refractivity contribution is 5.37. The molecular formula is C16H15F3N2. The van der Waals surface area contributed by atoms with Crippen LogP contribution in [0.3, 0.4) is 0 Å². The van der Waals surface area contributed by atoms with E-state index in [1.54, 1.807) is 10.6 Å². The lowest BCUT2D eigenvalue weighted by Gasteiger charge is -2.12. The molecule has 0 unspecified atom stereocenters. The van der Waals surface area contributed by atoms with Crippen LogP contribution < -0.4 is 5.49 Å². The van der Waals surface area contributed by atoms with Gasteiger partial charge < -0.3 is 4.57 Å². The van der Waals surface area contributed by atoms with Gasteiger partial charge in [0.15, 0.2) is 0 Å². The van der Waals surface area contributed by atoms with Gasteiger partial charge in [0.2, 0.25) is 0 Å². The Kier molecular flexibility index (Phi) is 3.35. The first-order chi connectivity index (χ1) is 9.93. The maximum absolute atomic E-state index is 12.9. The van der Waals surface area contributed by atoms with Crippen molar-refractivity contribution in [2.75, 3.05) is 0 Å². The minimum Gasteiger partial charge on any atom is -0.302 e. The van der Waals surface area contributed by atoms with Gasteiger partial charge in [-0.2, -0.15) is 13.2 Å². The first kappa shape index (κ1) is 13.9. The molecule has 1 aliphatic rings. The number of hydrogen-bond acceptors (Lipinski definition) is 1. The van der Waals surface area contributed by atoms with Crippen LogP contribution in [0.1, 0.15) is 24.0 Å². The van der Waals surface area contributed by atoms with Crippen molar-refractivity contribution in [3.8, 4) is 5.69 Å². The molecule has 5 heteroatoms. The van der Waals surface area contributed by atoms with Gasteiger partial charge in [0.25, 0.3) is 0 Å². The summed E-state index contributed by atoms with van der Waals surface area (Å²) in [6.45, 7) is 1.91. The van der Waals surface area contributed by atoms with Gasteiger partial charge in [0.05, 0.1) is 11.6 Å². The number of pyridine rings is 1. The summed E-state index contributed by atoms with van der Waals surface area (Å²) in [6.07, 6.45) is -0.419. The van der Waals surface area contributed by atoms with Crippen molar-refractivity contribution in [2.24, 2.45) is 4.99 Å². The van der Waals surface area contributed by atoms with E-state index in [0.29, 0.717) is 17.2 Å². The predicted molar refractivity (Wildman–Crippen MR) is 74.1 cm³/mol. The lowest BCUT2D eigenvalue weighted by molar-refractivity contribution is -0.137. The SMILES string of the molecule is Cc1ccc(=NC2CC2)n(-c2cccc(C(F)(F)F)c2)c1. The zero-order valence-electron chi connectivity index (χ0n) is 11.6. The van der Waals surface area contributed by atoms with Gasteiger partial charge in [0, 0.05) is 11.9 Å². The monoisotopic (exact) mass is 292 g/mol. The van der Waals surface area contributed by atoms with Gasteiger partial charge in [-0.25, -0.2) is 0 Å². The molecule has 1 aromatic heterocycles. The first-order valence-electron chi connectivity index (χ1n) is 6.84. The van der Waals surface area contributed by atoms with Crippen molar-refractivity contribution >= 4 is 0 Å². The Balaban J connectivity index is 2.14. The summed E-state index contributed by atoms with van der Waals surface area (Å²) in [5.74, 6) is 0. The van der Waals surface area contributed by atoms with Crippen LogP contribution >= 0.6 is 0 Å².